The Bertz CT molecular complexity index is 829. The predicted octanol–water partition coefficient (Wildman–Crippen LogP) is 3.65. The fourth-order valence-electron chi connectivity index (χ4n) is 3.30. The quantitative estimate of drug-likeness (QED) is 0.826. The molecule has 0 aromatic heterocycles. The molecule has 2 aromatic carbocycles. The van der Waals surface area contributed by atoms with E-state index in [2.05, 4.69) is 10.6 Å². The largest absolute Gasteiger partial charge is 0.494 e. The lowest BCUT2D eigenvalue weighted by Crippen LogP contribution is -2.45. The van der Waals surface area contributed by atoms with Gasteiger partial charge in [-0.2, -0.15) is 0 Å². The average Bonchev–Trinajstić information content (AvgIpc) is 3.20. The molecule has 3 amide bonds. The first-order valence-corrected chi connectivity index (χ1v) is 9.19. The van der Waals surface area contributed by atoms with Crippen molar-refractivity contribution in [1.82, 2.24) is 4.90 Å². The first kappa shape index (κ1) is 19.5. The molecule has 1 saturated heterocycles. The molecule has 0 spiro atoms. The smallest absolute Gasteiger partial charge is 0.322 e. The highest BCUT2D eigenvalue weighted by atomic mass is 16.5. The van der Waals surface area contributed by atoms with Crippen molar-refractivity contribution in [1.29, 1.82) is 0 Å². The number of nitrogens with zero attached hydrogens (tertiary/aromatic N) is 1. The molecular weight excluding hydrogens is 358 g/mol. The van der Waals surface area contributed by atoms with Crippen molar-refractivity contribution in [2.24, 2.45) is 0 Å². The number of carbonyl (C=O) groups excluding carboxylic acids is 2. The number of likely N-dealkylation sites (tertiary alicyclic amines) is 1. The van der Waals surface area contributed by atoms with Gasteiger partial charge in [0.15, 0.2) is 0 Å². The Kier molecular flexibility index (Phi) is 6.03. The van der Waals surface area contributed by atoms with Crippen molar-refractivity contribution in [3.8, 4) is 11.5 Å². The Morgan fingerprint density at radius 2 is 1.64 bits per heavy atom. The summed E-state index contributed by atoms with van der Waals surface area (Å²) < 4.78 is 10.7. The summed E-state index contributed by atoms with van der Waals surface area (Å²) in [4.78, 5) is 27.2. The van der Waals surface area contributed by atoms with Crippen LogP contribution in [0.5, 0.6) is 11.5 Å². The summed E-state index contributed by atoms with van der Waals surface area (Å²) in [5.74, 6) is 0.738. The number of ether oxygens (including phenoxy) is 2. The van der Waals surface area contributed by atoms with Gasteiger partial charge in [-0.05, 0) is 44.0 Å². The van der Waals surface area contributed by atoms with Crippen molar-refractivity contribution in [2.75, 3.05) is 31.4 Å². The van der Waals surface area contributed by atoms with Crippen LogP contribution in [0.15, 0.2) is 42.5 Å². The zero-order chi connectivity index (χ0) is 20.1. The number of anilines is 2. The second-order valence-electron chi connectivity index (χ2n) is 6.67. The lowest BCUT2D eigenvalue weighted by atomic mass is 10.2. The van der Waals surface area contributed by atoms with Crippen molar-refractivity contribution >= 4 is 23.3 Å². The normalized spacial score (nSPS) is 15.8. The first-order valence-electron chi connectivity index (χ1n) is 9.19. The van der Waals surface area contributed by atoms with E-state index in [4.69, 9.17) is 9.47 Å². The van der Waals surface area contributed by atoms with Crippen LogP contribution in [0.3, 0.4) is 0 Å². The third-order valence-corrected chi connectivity index (χ3v) is 4.80. The highest BCUT2D eigenvalue weighted by Crippen LogP contribution is 2.35. The molecule has 7 heteroatoms. The summed E-state index contributed by atoms with van der Waals surface area (Å²) in [5.41, 5.74) is 2.28. The maximum Gasteiger partial charge on any atom is 0.322 e. The number of carbonyl (C=O) groups is 2. The summed E-state index contributed by atoms with van der Waals surface area (Å²) in [6.07, 6.45) is 1.37. The van der Waals surface area contributed by atoms with Crippen LogP contribution in [0.1, 0.15) is 18.4 Å². The number of urea groups is 1. The number of hydrogen-bond acceptors (Lipinski definition) is 4. The number of methoxy groups -OCH3 is 2. The number of nitrogens with one attached hydrogen (secondary N) is 2. The van der Waals surface area contributed by atoms with Crippen molar-refractivity contribution < 1.29 is 19.1 Å². The number of benzene rings is 2. The SMILES string of the molecule is COc1cccc(OC)c1NC(=O)[C@H]1CCCN1C(=O)Nc1ccc(C)cc1. The van der Waals surface area contributed by atoms with Gasteiger partial charge < -0.3 is 25.0 Å². The van der Waals surface area contributed by atoms with Gasteiger partial charge in [-0.15, -0.1) is 0 Å². The van der Waals surface area contributed by atoms with Gasteiger partial charge in [-0.25, -0.2) is 4.79 Å². The molecule has 2 aromatic rings. The second-order valence-corrected chi connectivity index (χ2v) is 6.67. The predicted molar refractivity (Wildman–Crippen MR) is 108 cm³/mol. The Labute approximate surface area is 164 Å². The van der Waals surface area contributed by atoms with Gasteiger partial charge in [0.25, 0.3) is 0 Å². The fraction of sp³-hybridized carbons (Fsp3) is 0.333. The minimum Gasteiger partial charge on any atom is -0.494 e. The molecule has 28 heavy (non-hydrogen) atoms. The zero-order valence-electron chi connectivity index (χ0n) is 16.3. The van der Waals surface area contributed by atoms with E-state index in [9.17, 15) is 9.59 Å². The summed E-state index contributed by atoms with van der Waals surface area (Å²) in [6.45, 7) is 2.51. The van der Waals surface area contributed by atoms with Crippen LogP contribution in [-0.2, 0) is 4.79 Å². The monoisotopic (exact) mass is 383 g/mol. The van der Waals surface area contributed by atoms with E-state index < -0.39 is 6.04 Å². The van der Waals surface area contributed by atoms with E-state index >= 15 is 0 Å². The molecule has 1 aliphatic heterocycles. The number of para-hydroxylation sites is 1. The summed E-state index contributed by atoms with van der Waals surface area (Å²) in [5, 5.41) is 5.73. The van der Waals surface area contributed by atoms with Gasteiger partial charge >= 0.3 is 6.03 Å². The van der Waals surface area contributed by atoms with Crippen molar-refractivity contribution in [2.45, 2.75) is 25.8 Å². The Balaban J connectivity index is 1.73. The molecule has 0 aliphatic carbocycles. The van der Waals surface area contributed by atoms with E-state index in [0.717, 1.165) is 12.0 Å². The molecular formula is C21H25N3O4. The molecule has 3 rings (SSSR count). The Hall–Kier alpha value is -3.22. The van der Waals surface area contributed by atoms with E-state index in [1.165, 1.54) is 14.2 Å². The third kappa shape index (κ3) is 4.19. The summed E-state index contributed by atoms with van der Waals surface area (Å²) in [7, 11) is 3.06. The summed E-state index contributed by atoms with van der Waals surface area (Å²) >= 11 is 0. The van der Waals surface area contributed by atoms with Gasteiger partial charge in [0.05, 0.1) is 14.2 Å². The maximum atomic E-state index is 12.9. The number of aryl methyl sites for hydroxylation is 1. The van der Waals surface area contributed by atoms with Crippen LogP contribution in [0.25, 0.3) is 0 Å². The van der Waals surface area contributed by atoms with Crippen LogP contribution in [0.4, 0.5) is 16.2 Å². The molecule has 148 valence electrons. The number of rotatable bonds is 5. The first-order chi connectivity index (χ1) is 13.5. The van der Waals surface area contributed by atoms with Crippen molar-refractivity contribution in [3.63, 3.8) is 0 Å². The van der Waals surface area contributed by atoms with Gasteiger partial charge in [0, 0.05) is 12.2 Å². The molecule has 1 heterocycles. The van der Waals surface area contributed by atoms with Crippen LogP contribution in [0, 0.1) is 6.92 Å². The number of amides is 3. The maximum absolute atomic E-state index is 12.9. The molecule has 1 atom stereocenters. The Morgan fingerprint density at radius 1 is 1.00 bits per heavy atom. The minimum absolute atomic E-state index is 0.264. The highest BCUT2D eigenvalue weighted by molar-refractivity contribution is 6.01. The van der Waals surface area contributed by atoms with Crippen LogP contribution < -0.4 is 20.1 Å². The van der Waals surface area contributed by atoms with Crippen LogP contribution in [-0.4, -0.2) is 43.6 Å². The van der Waals surface area contributed by atoms with Gasteiger partial charge in [0.1, 0.15) is 23.2 Å². The van der Waals surface area contributed by atoms with E-state index in [1.54, 1.807) is 23.1 Å². The summed E-state index contributed by atoms with van der Waals surface area (Å²) in [6, 6.07) is 12.0. The topological polar surface area (TPSA) is 79.9 Å². The zero-order valence-corrected chi connectivity index (χ0v) is 16.3. The molecule has 1 aliphatic rings. The Morgan fingerprint density at radius 3 is 2.25 bits per heavy atom. The molecule has 0 saturated carbocycles. The van der Waals surface area contributed by atoms with Crippen LogP contribution in [0.2, 0.25) is 0 Å². The number of hydrogen-bond donors (Lipinski definition) is 2. The van der Waals surface area contributed by atoms with Gasteiger partial charge in [-0.3, -0.25) is 4.79 Å². The average molecular weight is 383 g/mol. The minimum atomic E-state index is -0.555. The fourth-order valence-corrected chi connectivity index (χ4v) is 3.30. The highest BCUT2D eigenvalue weighted by Gasteiger charge is 2.35. The lowest BCUT2D eigenvalue weighted by molar-refractivity contribution is -0.119. The standard InChI is InChI=1S/C21H25N3O4/c1-14-9-11-15(12-10-14)22-21(26)24-13-5-6-16(24)20(25)23-19-17(27-2)7-4-8-18(19)28-3/h4,7-12,16H,5-6,13H2,1-3H3,(H,22,26)(H,23,25)/t16-/m1/s1. The van der Waals surface area contributed by atoms with Crippen molar-refractivity contribution in [3.05, 3.63) is 48.0 Å². The second kappa shape index (κ2) is 8.65. The lowest BCUT2D eigenvalue weighted by Gasteiger charge is -2.25. The molecule has 0 bridgehead atoms. The van der Waals surface area contributed by atoms with Gasteiger partial charge in [0.2, 0.25) is 5.91 Å². The molecule has 0 unspecified atom stereocenters. The van der Waals surface area contributed by atoms with Gasteiger partial charge in [-0.1, -0.05) is 23.8 Å². The van der Waals surface area contributed by atoms with Crippen LogP contribution >= 0.6 is 0 Å². The molecule has 0 radical (unpaired) electrons. The molecule has 7 nitrogen and oxygen atoms in total. The van der Waals surface area contributed by atoms with E-state index in [-0.39, 0.29) is 11.9 Å². The molecule has 2 N–H and O–H groups in total. The molecule has 1 fully saturated rings. The third-order valence-electron chi connectivity index (χ3n) is 4.80. The van der Waals surface area contributed by atoms with E-state index in [1.807, 2.05) is 31.2 Å². The van der Waals surface area contributed by atoms with E-state index in [0.29, 0.717) is 35.8 Å².